The number of rotatable bonds is 3. The Hall–Kier alpha value is -2.11. The number of nitrogens with one attached hydrogen (secondary N) is 1. The zero-order chi connectivity index (χ0) is 15.8. The van der Waals surface area contributed by atoms with Gasteiger partial charge < -0.3 is 15.0 Å². The summed E-state index contributed by atoms with van der Waals surface area (Å²) >= 11 is 0. The van der Waals surface area contributed by atoms with Crippen LogP contribution in [-0.4, -0.2) is 39.9 Å². The van der Waals surface area contributed by atoms with Crippen molar-refractivity contribution in [2.75, 3.05) is 7.11 Å². The van der Waals surface area contributed by atoms with E-state index in [0.717, 1.165) is 0 Å². The summed E-state index contributed by atoms with van der Waals surface area (Å²) < 4.78 is 5.09. The first-order chi connectivity index (χ1) is 9.68. The van der Waals surface area contributed by atoms with E-state index in [2.05, 4.69) is 10.3 Å². The molecule has 0 aliphatic carbocycles. The molecule has 2 heterocycles. The molecule has 1 saturated heterocycles. The minimum atomic E-state index is -0.919. The summed E-state index contributed by atoms with van der Waals surface area (Å²) in [6, 6.07) is 5.36. The minimum Gasteiger partial charge on any atom is -0.481 e. The van der Waals surface area contributed by atoms with Crippen molar-refractivity contribution in [1.29, 1.82) is 0 Å². The quantitative estimate of drug-likeness (QED) is 0.905. The number of carbonyl (C=O) groups excluding carboxylic acids is 2. The molecule has 21 heavy (non-hydrogen) atoms. The number of hydrogen-bond donors (Lipinski definition) is 1. The van der Waals surface area contributed by atoms with Gasteiger partial charge in [0, 0.05) is 6.07 Å². The maximum absolute atomic E-state index is 12.6. The molecule has 1 aliphatic rings. The van der Waals surface area contributed by atoms with Crippen LogP contribution >= 0.6 is 0 Å². The number of nitrogens with zero attached hydrogens (tertiary/aromatic N) is 2. The minimum absolute atomic E-state index is 0.128. The smallest absolute Gasteiger partial charge is 0.248 e. The second-order valence-electron chi connectivity index (χ2n) is 6.20. The third kappa shape index (κ3) is 2.70. The molecule has 1 fully saturated rings. The second kappa shape index (κ2) is 5.02. The molecule has 0 atom stereocenters. The molecular weight excluding hydrogens is 270 g/mol. The van der Waals surface area contributed by atoms with Crippen LogP contribution in [0.4, 0.5) is 0 Å². The van der Waals surface area contributed by atoms with Gasteiger partial charge in [0.05, 0.1) is 19.3 Å². The molecule has 2 rings (SSSR count). The van der Waals surface area contributed by atoms with Gasteiger partial charge in [-0.15, -0.1) is 0 Å². The first-order valence-corrected chi connectivity index (χ1v) is 6.83. The van der Waals surface area contributed by atoms with Gasteiger partial charge in [0.2, 0.25) is 17.7 Å². The molecule has 1 aromatic heterocycles. The fraction of sp³-hybridized carbons (Fsp3) is 0.533. The number of piperazine rings is 1. The molecule has 6 nitrogen and oxygen atoms in total. The van der Waals surface area contributed by atoms with Crippen LogP contribution < -0.4 is 10.1 Å². The Morgan fingerprint density at radius 1 is 1.24 bits per heavy atom. The summed E-state index contributed by atoms with van der Waals surface area (Å²) in [6.07, 6.45) is 0. The molecule has 6 heteroatoms. The number of hydrogen-bond acceptors (Lipinski definition) is 4. The van der Waals surface area contributed by atoms with Gasteiger partial charge in [0.1, 0.15) is 11.1 Å². The molecule has 0 spiro atoms. The van der Waals surface area contributed by atoms with Crippen LogP contribution in [0, 0.1) is 0 Å². The van der Waals surface area contributed by atoms with Crippen LogP contribution in [0.3, 0.4) is 0 Å². The lowest BCUT2D eigenvalue weighted by atomic mass is 9.89. The van der Waals surface area contributed by atoms with Gasteiger partial charge in [0.15, 0.2) is 0 Å². The number of carbonyl (C=O) groups is 2. The largest absolute Gasteiger partial charge is 0.481 e. The van der Waals surface area contributed by atoms with Gasteiger partial charge in [-0.05, 0) is 33.8 Å². The molecule has 0 saturated carbocycles. The van der Waals surface area contributed by atoms with E-state index in [1.54, 1.807) is 45.8 Å². The van der Waals surface area contributed by atoms with Crippen LogP contribution in [0.5, 0.6) is 5.88 Å². The maximum atomic E-state index is 12.6. The van der Waals surface area contributed by atoms with Crippen molar-refractivity contribution in [2.45, 2.75) is 45.3 Å². The average Bonchev–Trinajstić information content (AvgIpc) is 2.42. The fourth-order valence-electron chi connectivity index (χ4n) is 2.29. The van der Waals surface area contributed by atoms with E-state index in [1.165, 1.54) is 0 Å². The topological polar surface area (TPSA) is 71.5 Å². The van der Waals surface area contributed by atoms with Crippen LogP contribution in [-0.2, 0) is 16.1 Å². The first kappa shape index (κ1) is 15.3. The Bertz CT molecular complexity index is 581. The van der Waals surface area contributed by atoms with E-state index < -0.39 is 11.1 Å². The molecule has 0 aromatic carbocycles. The highest BCUT2D eigenvalue weighted by atomic mass is 16.5. The highest BCUT2D eigenvalue weighted by molar-refractivity contribution is 6.01. The third-order valence-corrected chi connectivity index (χ3v) is 3.75. The second-order valence-corrected chi connectivity index (χ2v) is 6.20. The van der Waals surface area contributed by atoms with Crippen molar-refractivity contribution in [1.82, 2.24) is 15.2 Å². The predicted octanol–water partition coefficient (Wildman–Crippen LogP) is 1.11. The Morgan fingerprint density at radius 3 is 2.52 bits per heavy atom. The zero-order valence-electron chi connectivity index (χ0n) is 13.1. The van der Waals surface area contributed by atoms with Crippen molar-refractivity contribution in [3.63, 3.8) is 0 Å². The number of pyridine rings is 1. The summed E-state index contributed by atoms with van der Waals surface area (Å²) in [7, 11) is 1.54. The zero-order valence-corrected chi connectivity index (χ0v) is 13.1. The van der Waals surface area contributed by atoms with Gasteiger partial charge in [-0.2, -0.15) is 0 Å². The highest BCUT2D eigenvalue weighted by Crippen LogP contribution is 2.27. The monoisotopic (exact) mass is 291 g/mol. The van der Waals surface area contributed by atoms with Crippen molar-refractivity contribution < 1.29 is 14.3 Å². The normalized spacial score (nSPS) is 20.1. The number of ether oxygens (including phenoxy) is 1. The number of amides is 2. The van der Waals surface area contributed by atoms with E-state index in [4.69, 9.17) is 4.74 Å². The molecule has 1 aromatic rings. The molecule has 0 bridgehead atoms. The summed E-state index contributed by atoms with van der Waals surface area (Å²) in [5, 5.41) is 2.76. The van der Waals surface area contributed by atoms with Gasteiger partial charge in [-0.25, -0.2) is 4.98 Å². The molecule has 114 valence electrons. The molecule has 1 N–H and O–H groups in total. The Morgan fingerprint density at radius 2 is 1.90 bits per heavy atom. The van der Waals surface area contributed by atoms with Crippen LogP contribution in [0.2, 0.25) is 0 Å². The van der Waals surface area contributed by atoms with Gasteiger partial charge in [-0.3, -0.25) is 9.59 Å². The lowest BCUT2D eigenvalue weighted by Crippen LogP contribution is -2.71. The van der Waals surface area contributed by atoms with Gasteiger partial charge in [0.25, 0.3) is 0 Å². The average molecular weight is 291 g/mol. The summed E-state index contributed by atoms with van der Waals surface area (Å²) in [6.45, 7) is 7.13. The molecule has 1 aliphatic heterocycles. The Labute approximate surface area is 124 Å². The molecule has 0 radical (unpaired) electrons. The third-order valence-electron chi connectivity index (χ3n) is 3.75. The van der Waals surface area contributed by atoms with Gasteiger partial charge >= 0.3 is 0 Å². The number of aromatic nitrogens is 1. The van der Waals surface area contributed by atoms with E-state index in [9.17, 15) is 9.59 Å². The fourth-order valence-corrected chi connectivity index (χ4v) is 2.29. The van der Waals surface area contributed by atoms with Crippen molar-refractivity contribution in [3.05, 3.63) is 23.9 Å². The van der Waals surface area contributed by atoms with Crippen LogP contribution in [0.1, 0.15) is 33.4 Å². The van der Waals surface area contributed by atoms with Gasteiger partial charge in [-0.1, -0.05) is 6.07 Å². The highest BCUT2D eigenvalue weighted by Gasteiger charge is 2.50. The van der Waals surface area contributed by atoms with E-state index in [0.29, 0.717) is 11.6 Å². The predicted molar refractivity (Wildman–Crippen MR) is 77.6 cm³/mol. The maximum Gasteiger partial charge on any atom is 0.248 e. The van der Waals surface area contributed by atoms with Crippen molar-refractivity contribution >= 4 is 11.8 Å². The van der Waals surface area contributed by atoms with E-state index in [1.807, 2.05) is 12.1 Å². The lowest BCUT2D eigenvalue weighted by molar-refractivity contribution is -0.160. The van der Waals surface area contributed by atoms with Crippen LogP contribution in [0.25, 0.3) is 0 Å². The van der Waals surface area contributed by atoms with Crippen LogP contribution in [0.15, 0.2) is 18.2 Å². The number of methoxy groups -OCH3 is 1. The first-order valence-electron chi connectivity index (χ1n) is 6.83. The Balaban J connectivity index is 2.34. The van der Waals surface area contributed by atoms with Crippen molar-refractivity contribution in [3.8, 4) is 5.88 Å². The van der Waals surface area contributed by atoms with Crippen molar-refractivity contribution in [2.24, 2.45) is 0 Å². The summed E-state index contributed by atoms with van der Waals surface area (Å²) in [5.74, 6) is 0.185. The SMILES string of the molecule is COc1cccc(CN2C(=O)C(C)(C)NC(=O)C2(C)C)n1. The summed E-state index contributed by atoms with van der Waals surface area (Å²) in [5.41, 5.74) is -1.15. The van der Waals surface area contributed by atoms with E-state index >= 15 is 0 Å². The molecular formula is C15H21N3O3. The lowest BCUT2D eigenvalue weighted by Gasteiger charge is -2.47. The standard InChI is InChI=1S/C15H21N3O3/c1-14(2)13(20)18(15(3,4)12(19)17-14)9-10-7-6-8-11(16-10)21-5/h6-8H,9H2,1-5H3,(H,17,19). The summed E-state index contributed by atoms with van der Waals surface area (Å²) in [4.78, 5) is 30.7. The Kier molecular flexibility index (Phi) is 3.65. The van der Waals surface area contributed by atoms with E-state index in [-0.39, 0.29) is 18.4 Å². The molecule has 2 amide bonds. The molecule has 0 unspecified atom stereocenters.